The van der Waals surface area contributed by atoms with Crippen LogP contribution in [-0.4, -0.2) is 45.6 Å². The van der Waals surface area contributed by atoms with E-state index in [4.69, 9.17) is 10.8 Å². The third-order valence-corrected chi connectivity index (χ3v) is 3.38. The van der Waals surface area contributed by atoms with Gasteiger partial charge in [0, 0.05) is 5.75 Å². The van der Waals surface area contributed by atoms with Gasteiger partial charge in [-0.1, -0.05) is 13.3 Å². The second-order valence-electron chi connectivity index (χ2n) is 3.56. The van der Waals surface area contributed by atoms with Gasteiger partial charge >= 0.3 is 5.97 Å². The second kappa shape index (κ2) is 5.37. The Morgan fingerprint density at radius 2 is 2.33 bits per heavy atom. The van der Waals surface area contributed by atoms with E-state index < -0.39 is 18.1 Å². The smallest absolute Gasteiger partial charge is 0.327 e. The van der Waals surface area contributed by atoms with Gasteiger partial charge in [0.15, 0.2) is 0 Å². The van der Waals surface area contributed by atoms with E-state index in [2.05, 4.69) is 0 Å². The van der Waals surface area contributed by atoms with Crippen molar-refractivity contribution in [2.45, 2.75) is 31.8 Å². The average Bonchev–Trinajstić information content (AvgIpc) is 2.65. The van der Waals surface area contributed by atoms with Crippen LogP contribution >= 0.6 is 11.8 Å². The van der Waals surface area contributed by atoms with Gasteiger partial charge in [-0.15, -0.1) is 11.8 Å². The molecule has 0 aromatic heterocycles. The number of aliphatic carboxylic acids is 1. The zero-order valence-electron chi connectivity index (χ0n) is 8.68. The number of hydrogen-bond acceptors (Lipinski definition) is 4. The third-order valence-electron chi connectivity index (χ3n) is 2.37. The lowest BCUT2D eigenvalue weighted by atomic mass is 10.1. The van der Waals surface area contributed by atoms with Crippen LogP contribution in [0.15, 0.2) is 0 Å². The van der Waals surface area contributed by atoms with Crippen LogP contribution in [0.1, 0.15) is 19.8 Å². The van der Waals surface area contributed by atoms with Crippen molar-refractivity contribution >= 4 is 23.6 Å². The number of rotatable bonds is 4. The predicted octanol–water partition coefficient (Wildman–Crippen LogP) is 0.0999. The van der Waals surface area contributed by atoms with E-state index in [0.29, 0.717) is 18.1 Å². The van der Waals surface area contributed by atoms with E-state index in [1.165, 1.54) is 16.7 Å². The summed E-state index contributed by atoms with van der Waals surface area (Å²) in [6.07, 6.45) is 1.43. The zero-order chi connectivity index (χ0) is 11.4. The van der Waals surface area contributed by atoms with E-state index in [9.17, 15) is 9.59 Å². The highest BCUT2D eigenvalue weighted by Crippen LogP contribution is 2.22. The summed E-state index contributed by atoms with van der Waals surface area (Å²) in [5.41, 5.74) is 5.68. The number of nitrogens with two attached hydrogens (primary N) is 1. The minimum Gasteiger partial charge on any atom is -0.480 e. The number of thioether (sulfide) groups is 1. The van der Waals surface area contributed by atoms with E-state index in [-0.39, 0.29) is 5.91 Å². The van der Waals surface area contributed by atoms with Crippen LogP contribution in [-0.2, 0) is 9.59 Å². The molecular formula is C9H16N2O3S. The van der Waals surface area contributed by atoms with Gasteiger partial charge in [-0.3, -0.25) is 4.79 Å². The Labute approximate surface area is 93.0 Å². The van der Waals surface area contributed by atoms with Gasteiger partial charge in [-0.2, -0.15) is 0 Å². The first-order valence-corrected chi connectivity index (χ1v) is 6.10. The summed E-state index contributed by atoms with van der Waals surface area (Å²) in [7, 11) is 0. The fraction of sp³-hybridized carbons (Fsp3) is 0.778. The van der Waals surface area contributed by atoms with Gasteiger partial charge in [-0.05, 0) is 6.42 Å². The lowest BCUT2D eigenvalue weighted by Crippen LogP contribution is -2.49. The molecule has 0 radical (unpaired) electrons. The highest BCUT2D eigenvalue weighted by molar-refractivity contribution is 7.99. The molecular weight excluding hydrogens is 216 g/mol. The van der Waals surface area contributed by atoms with Gasteiger partial charge in [0.25, 0.3) is 0 Å². The Hall–Kier alpha value is -0.750. The van der Waals surface area contributed by atoms with Gasteiger partial charge in [-0.25, -0.2) is 4.79 Å². The van der Waals surface area contributed by atoms with E-state index in [0.717, 1.165) is 6.42 Å². The molecule has 2 atom stereocenters. The Morgan fingerprint density at radius 3 is 2.87 bits per heavy atom. The largest absolute Gasteiger partial charge is 0.480 e. The van der Waals surface area contributed by atoms with Crippen LogP contribution in [0.25, 0.3) is 0 Å². The van der Waals surface area contributed by atoms with Crippen LogP contribution in [0.2, 0.25) is 0 Å². The second-order valence-corrected chi connectivity index (χ2v) is 4.56. The van der Waals surface area contributed by atoms with Crippen LogP contribution in [0.3, 0.4) is 0 Å². The van der Waals surface area contributed by atoms with Crippen LogP contribution in [0.5, 0.6) is 0 Å². The van der Waals surface area contributed by atoms with Crippen molar-refractivity contribution in [3.8, 4) is 0 Å². The SMILES string of the molecule is CCCC(N)C(=O)N1CSC[C@H]1C(=O)O. The lowest BCUT2D eigenvalue weighted by molar-refractivity contribution is -0.148. The summed E-state index contributed by atoms with van der Waals surface area (Å²) in [4.78, 5) is 24.0. The van der Waals surface area contributed by atoms with E-state index in [1.807, 2.05) is 6.92 Å². The molecule has 0 aromatic carbocycles. The minimum absolute atomic E-state index is 0.241. The molecule has 0 bridgehead atoms. The summed E-state index contributed by atoms with van der Waals surface area (Å²) in [6, 6.07) is -1.26. The first kappa shape index (κ1) is 12.3. The number of carboxylic acid groups (broad SMARTS) is 1. The molecule has 0 saturated carbocycles. The van der Waals surface area contributed by atoms with Crippen molar-refractivity contribution in [2.75, 3.05) is 11.6 Å². The number of carbonyl (C=O) groups excluding carboxylic acids is 1. The quantitative estimate of drug-likeness (QED) is 0.718. The molecule has 1 saturated heterocycles. The van der Waals surface area contributed by atoms with Crippen molar-refractivity contribution < 1.29 is 14.7 Å². The van der Waals surface area contributed by atoms with Gasteiger partial charge < -0.3 is 15.7 Å². The van der Waals surface area contributed by atoms with Gasteiger partial charge in [0.05, 0.1) is 11.9 Å². The number of amides is 1. The standard InChI is InChI=1S/C9H16N2O3S/c1-2-3-6(10)8(12)11-5-15-4-7(11)9(13)14/h6-7H,2-5,10H2,1H3,(H,13,14)/t6?,7-/m0/s1. The topological polar surface area (TPSA) is 83.6 Å². The van der Waals surface area contributed by atoms with Crippen molar-refractivity contribution in [1.29, 1.82) is 0 Å². The molecule has 1 unspecified atom stereocenters. The summed E-state index contributed by atoms with van der Waals surface area (Å²) < 4.78 is 0. The molecule has 1 aliphatic rings. The first-order valence-electron chi connectivity index (χ1n) is 4.94. The molecule has 0 aliphatic carbocycles. The van der Waals surface area contributed by atoms with Crippen LogP contribution in [0.4, 0.5) is 0 Å². The summed E-state index contributed by atoms with van der Waals surface area (Å²) in [5, 5.41) is 8.90. The minimum atomic E-state index is -0.947. The summed E-state index contributed by atoms with van der Waals surface area (Å²) in [6.45, 7) is 1.94. The monoisotopic (exact) mass is 232 g/mol. The van der Waals surface area contributed by atoms with Crippen LogP contribution < -0.4 is 5.73 Å². The molecule has 3 N–H and O–H groups in total. The molecule has 1 aliphatic heterocycles. The molecule has 1 amide bonds. The predicted molar refractivity (Wildman–Crippen MR) is 58.5 cm³/mol. The van der Waals surface area contributed by atoms with Crippen molar-refractivity contribution in [3.63, 3.8) is 0 Å². The maximum Gasteiger partial charge on any atom is 0.327 e. The molecule has 15 heavy (non-hydrogen) atoms. The van der Waals surface area contributed by atoms with Gasteiger partial charge in [0.2, 0.25) is 5.91 Å². The fourth-order valence-corrected chi connectivity index (χ4v) is 2.67. The maximum atomic E-state index is 11.8. The Bertz CT molecular complexity index is 260. The van der Waals surface area contributed by atoms with E-state index >= 15 is 0 Å². The molecule has 1 fully saturated rings. The highest BCUT2D eigenvalue weighted by Gasteiger charge is 2.36. The first-order chi connectivity index (χ1) is 7.07. The number of nitrogens with zero attached hydrogens (tertiary/aromatic N) is 1. The third kappa shape index (κ3) is 2.85. The lowest BCUT2D eigenvalue weighted by Gasteiger charge is -2.23. The number of carbonyl (C=O) groups is 2. The molecule has 1 heterocycles. The number of carboxylic acids is 1. The Kier molecular flexibility index (Phi) is 4.41. The molecule has 1 rings (SSSR count). The van der Waals surface area contributed by atoms with E-state index in [1.54, 1.807) is 0 Å². The molecule has 0 aromatic rings. The van der Waals surface area contributed by atoms with Crippen molar-refractivity contribution in [2.24, 2.45) is 5.73 Å². The molecule has 6 heteroatoms. The van der Waals surface area contributed by atoms with Crippen molar-refractivity contribution in [3.05, 3.63) is 0 Å². The van der Waals surface area contributed by atoms with Gasteiger partial charge in [0.1, 0.15) is 6.04 Å². The van der Waals surface area contributed by atoms with Crippen LogP contribution in [0, 0.1) is 0 Å². The molecule has 0 spiro atoms. The highest BCUT2D eigenvalue weighted by atomic mass is 32.2. The molecule has 5 nitrogen and oxygen atoms in total. The normalized spacial score (nSPS) is 22.8. The summed E-state index contributed by atoms with van der Waals surface area (Å²) >= 11 is 1.45. The Morgan fingerprint density at radius 1 is 1.67 bits per heavy atom. The fourth-order valence-electron chi connectivity index (χ4n) is 1.51. The average molecular weight is 232 g/mol. The molecule has 86 valence electrons. The zero-order valence-corrected chi connectivity index (χ0v) is 9.50. The van der Waals surface area contributed by atoms with Crippen molar-refractivity contribution in [1.82, 2.24) is 4.90 Å². The summed E-state index contributed by atoms with van der Waals surface area (Å²) in [5.74, 6) is -0.293. The Balaban J connectivity index is 2.62. The maximum absolute atomic E-state index is 11.8. The number of hydrogen-bond donors (Lipinski definition) is 2.